The minimum atomic E-state index is -4.96. The van der Waals surface area contributed by atoms with E-state index in [1.807, 2.05) is 0 Å². The van der Waals surface area contributed by atoms with Crippen molar-refractivity contribution < 1.29 is 80.2 Å². The third-order valence-electron chi connectivity index (χ3n) is 19.8. The van der Waals surface area contributed by atoms with E-state index in [0.29, 0.717) is 25.7 Å². The number of carbonyl (C=O) groups is 4. The molecule has 0 saturated carbocycles. The van der Waals surface area contributed by atoms with Gasteiger partial charge in [-0.15, -0.1) is 0 Å². The van der Waals surface area contributed by atoms with Gasteiger partial charge in [-0.1, -0.05) is 401 Å². The first-order chi connectivity index (χ1) is 50.0. The van der Waals surface area contributed by atoms with Crippen LogP contribution in [0.25, 0.3) is 0 Å². The van der Waals surface area contributed by atoms with Crippen LogP contribution in [0.15, 0.2) is 0 Å². The summed E-state index contributed by atoms with van der Waals surface area (Å²) in [7, 11) is -9.92. The molecule has 2 unspecified atom stereocenters. The van der Waals surface area contributed by atoms with Crippen molar-refractivity contribution in [3.63, 3.8) is 0 Å². The van der Waals surface area contributed by atoms with Crippen molar-refractivity contribution in [2.45, 2.75) is 470 Å². The fourth-order valence-corrected chi connectivity index (χ4v) is 14.7. The molecule has 612 valence electrons. The van der Waals surface area contributed by atoms with Crippen molar-refractivity contribution >= 4 is 39.5 Å². The van der Waals surface area contributed by atoms with Crippen molar-refractivity contribution in [2.75, 3.05) is 39.6 Å². The molecule has 0 radical (unpaired) electrons. The molecule has 0 rings (SSSR count). The zero-order chi connectivity index (χ0) is 75.5. The Balaban J connectivity index is 5.25. The maximum Gasteiger partial charge on any atom is 0.472 e. The zero-order valence-corrected chi connectivity index (χ0v) is 69.3. The summed E-state index contributed by atoms with van der Waals surface area (Å²) < 4.78 is 68.9. The highest BCUT2D eigenvalue weighted by Gasteiger charge is 2.30. The van der Waals surface area contributed by atoms with Crippen molar-refractivity contribution in [1.29, 1.82) is 0 Å². The third kappa shape index (κ3) is 78.0. The average Bonchev–Trinajstić information content (AvgIpc) is 0.917. The van der Waals surface area contributed by atoms with Crippen LogP contribution in [0, 0.1) is 5.92 Å². The number of aliphatic hydroxyl groups is 1. The Labute approximate surface area is 632 Å². The van der Waals surface area contributed by atoms with E-state index in [-0.39, 0.29) is 25.7 Å². The van der Waals surface area contributed by atoms with Crippen LogP contribution in [0.3, 0.4) is 0 Å². The largest absolute Gasteiger partial charge is 0.472 e. The third-order valence-corrected chi connectivity index (χ3v) is 21.7. The molecule has 19 heteroatoms. The number of hydrogen-bond acceptors (Lipinski definition) is 15. The van der Waals surface area contributed by atoms with Gasteiger partial charge in [-0.2, -0.15) is 0 Å². The summed E-state index contributed by atoms with van der Waals surface area (Å²) >= 11 is 0. The highest BCUT2D eigenvalue weighted by atomic mass is 31.2. The molecule has 0 heterocycles. The number of phosphoric ester groups is 2. The summed E-state index contributed by atoms with van der Waals surface area (Å²) in [6.07, 6.45) is 69.2. The van der Waals surface area contributed by atoms with Crippen LogP contribution in [0.2, 0.25) is 0 Å². The first-order valence-corrected chi connectivity index (χ1v) is 46.6. The van der Waals surface area contributed by atoms with E-state index in [0.717, 1.165) is 95.8 Å². The zero-order valence-electron chi connectivity index (χ0n) is 67.5. The predicted molar refractivity (Wildman–Crippen MR) is 423 cm³/mol. The lowest BCUT2D eigenvalue weighted by molar-refractivity contribution is -0.161. The second-order valence-electron chi connectivity index (χ2n) is 30.7. The molecule has 0 aromatic carbocycles. The van der Waals surface area contributed by atoms with Gasteiger partial charge in [0, 0.05) is 25.7 Å². The maximum atomic E-state index is 13.1. The predicted octanol–water partition coefficient (Wildman–Crippen LogP) is 25.6. The number of ether oxygens (including phenoxy) is 4. The molecular weight excluding hydrogens is 1340 g/mol. The summed E-state index contributed by atoms with van der Waals surface area (Å²) in [6.45, 7) is 7.39. The molecule has 0 amide bonds. The van der Waals surface area contributed by atoms with Crippen LogP contribution < -0.4 is 0 Å². The van der Waals surface area contributed by atoms with E-state index in [2.05, 4.69) is 34.6 Å². The van der Waals surface area contributed by atoms with Crippen molar-refractivity contribution in [3.05, 3.63) is 0 Å². The molecule has 3 N–H and O–H groups in total. The van der Waals surface area contributed by atoms with Gasteiger partial charge in [0.05, 0.1) is 26.4 Å². The summed E-state index contributed by atoms with van der Waals surface area (Å²) in [5.41, 5.74) is 0. The number of aliphatic hydroxyl groups excluding tert-OH is 1. The number of carbonyl (C=O) groups excluding carboxylic acids is 4. The second-order valence-corrected chi connectivity index (χ2v) is 33.6. The molecule has 0 bridgehead atoms. The van der Waals surface area contributed by atoms with Crippen LogP contribution in [-0.2, 0) is 65.4 Å². The molecule has 0 fully saturated rings. The maximum absolute atomic E-state index is 13.1. The van der Waals surface area contributed by atoms with Gasteiger partial charge in [0.25, 0.3) is 0 Å². The Hall–Kier alpha value is -1.94. The number of hydrogen-bond donors (Lipinski definition) is 3. The van der Waals surface area contributed by atoms with Gasteiger partial charge in [-0.25, -0.2) is 9.13 Å². The Morgan fingerprint density at radius 1 is 0.262 bits per heavy atom. The van der Waals surface area contributed by atoms with Crippen molar-refractivity contribution in [3.8, 4) is 0 Å². The molecular formula is C84H164O17P2. The molecule has 0 aromatic rings. The number of phosphoric acid groups is 2. The molecule has 17 nitrogen and oxygen atoms in total. The monoisotopic (exact) mass is 1510 g/mol. The highest BCUT2D eigenvalue weighted by molar-refractivity contribution is 7.47. The minimum absolute atomic E-state index is 0.109. The number of esters is 4. The SMILES string of the molecule is CCCCCCCCCCCCCCCCCCCCCC(=O)O[C@H](COC(=O)CCCCCCCCCCCCCCCCCC(C)C)COP(=O)(O)OC[C@@H](O)COP(=O)(O)OC[C@@H](COC(=O)CCCCCCCCCCCCCCC)OC(=O)CCCCCCCCCCCCCCC. The molecule has 103 heavy (non-hydrogen) atoms. The first-order valence-electron chi connectivity index (χ1n) is 43.6. The van der Waals surface area contributed by atoms with Gasteiger partial charge in [0.1, 0.15) is 19.3 Å². The van der Waals surface area contributed by atoms with E-state index < -0.39 is 97.5 Å². The molecule has 0 aliphatic carbocycles. The Morgan fingerprint density at radius 3 is 0.660 bits per heavy atom. The molecule has 0 saturated heterocycles. The quantitative estimate of drug-likeness (QED) is 0.0222. The fourth-order valence-electron chi connectivity index (χ4n) is 13.1. The van der Waals surface area contributed by atoms with Crippen LogP contribution in [0.5, 0.6) is 0 Å². The van der Waals surface area contributed by atoms with E-state index in [9.17, 15) is 43.2 Å². The van der Waals surface area contributed by atoms with Gasteiger partial charge >= 0.3 is 39.5 Å². The molecule has 0 aliphatic rings. The van der Waals surface area contributed by atoms with E-state index >= 15 is 0 Å². The molecule has 0 aliphatic heterocycles. The number of rotatable bonds is 84. The fraction of sp³-hybridized carbons (Fsp3) is 0.952. The molecule has 0 aromatic heterocycles. The van der Waals surface area contributed by atoms with E-state index in [1.54, 1.807) is 0 Å². The van der Waals surface area contributed by atoms with Gasteiger partial charge < -0.3 is 33.8 Å². The summed E-state index contributed by atoms with van der Waals surface area (Å²) in [4.78, 5) is 73.2. The smallest absolute Gasteiger partial charge is 0.462 e. The summed E-state index contributed by atoms with van der Waals surface area (Å²) in [5, 5.41) is 10.7. The van der Waals surface area contributed by atoms with Gasteiger partial charge in [0.2, 0.25) is 0 Å². The topological polar surface area (TPSA) is 237 Å². The second kappa shape index (κ2) is 76.8. The Bertz CT molecular complexity index is 1960. The lowest BCUT2D eigenvalue weighted by atomic mass is 10.0. The van der Waals surface area contributed by atoms with Crippen LogP contribution in [-0.4, -0.2) is 96.7 Å². The van der Waals surface area contributed by atoms with Crippen molar-refractivity contribution in [2.24, 2.45) is 5.92 Å². The molecule has 5 atom stereocenters. The van der Waals surface area contributed by atoms with Crippen LogP contribution in [0.4, 0.5) is 0 Å². The van der Waals surface area contributed by atoms with Crippen LogP contribution in [0.1, 0.15) is 452 Å². The minimum Gasteiger partial charge on any atom is -0.462 e. The van der Waals surface area contributed by atoms with Crippen LogP contribution >= 0.6 is 15.6 Å². The Kier molecular flexibility index (Phi) is 75.4. The van der Waals surface area contributed by atoms with E-state index in [4.69, 9.17) is 37.0 Å². The van der Waals surface area contributed by atoms with Gasteiger partial charge in [-0.3, -0.25) is 37.3 Å². The van der Waals surface area contributed by atoms with Gasteiger partial charge in [0.15, 0.2) is 12.2 Å². The van der Waals surface area contributed by atoms with E-state index in [1.165, 1.54) is 276 Å². The average molecular weight is 1510 g/mol. The Morgan fingerprint density at radius 2 is 0.447 bits per heavy atom. The number of unbranched alkanes of at least 4 members (excludes halogenated alkanes) is 56. The lowest BCUT2D eigenvalue weighted by Gasteiger charge is -2.21. The lowest BCUT2D eigenvalue weighted by Crippen LogP contribution is -2.30. The summed E-state index contributed by atoms with van der Waals surface area (Å²) in [5.74, 6) is -1.29. The first kappa shape index (κ1) is 101. The normalized spacial score (nSPS) is 13.8. The van der Waals surface area contributed by atoms with Crippen molar-refractivity contribution in [1.82, 2.24) is 0 Å². The highest BCUT2D eigenvalue weighted by Crippen LogP contribution is 2.45. The summed E-state index contributed by atoms with van der Waals surface area (Å²) in [6, 6.07) is 0. The molecule has 0 spiro atoms. The van der Waals surface area contributed by atoms with Gasteiger partial charge in [-0.05, 0) is 31.6 Å². The standard InChI is InChI=1S/C84H164O17P2/c1-6-9-12-15-18-21-24-27-28-29-30-31-34-40-45-50-55-60-65-70-84(89)101-80(74-95-82(87)68-63-58-53-48-43-39-35-32-33-38-41-46-51-56-61-66-77(4)5)76-99-103(92,93)97-72-78(85)71-96-102(90,91)98-75-79(100-83(88)69-64-59-54-49-44-37-26-23-20-17-14-11-8-3)73-94-81(86)67-62-57-52-47-42-36-25-22-19-16-13-10-7-2/h77-80,85H,6-76H2,1-5H3,(H,90,91)(H,92,93)/t78-,79+,80+/m0/s1.